The Kier molecular flexibility index (Phi) is 3.21. The number of benzene rings is 1. The topological polar surface area (TPSA) is 76.3 Å². The highest BCUT2D eigenvalue weighted by Crippen LogP contribution is 2.33. The lowest BCUT2D eigenvalue weighted by Gasteiger charge is -2.14. The summed E-state index contributed by atoms with van der Waals surface area (Å²) in [7, 11) is 0. The van der Waals surface area contributed by atoms with Crippen molar-refractivity contribution in [3.05, 3.63) is 40.3 Å². The van der Waals surface area contributed by atoms with Gasteiger partial charge in [-0.2, -0.15) is 4.98 Å². The number of carbonyl (C=O) groups excluding carboxylic acids is 2. The van der Waals surface area contributed by atoms with E-state index in [4.69, 9.17) is 16.1 Å². The van der Waals surface area contributed by atoms with E-state index >= 15 is 0 Å². The minimum absolute atomic E-state index is 0.0673. The summed E-state index contributed by atoms with van der Waals surface area (Å²) in [5.41, 5.74) is 0.236. The van der Waals surface area contributed by atoms with Crippen molar-refractivity contribution in [2.24, 2.45) is 0 Å². The number of halogens is 2. The highest BCUT2D eigenvalue weighted by molar-refractivity contribution is 6.52. The van der Waals surface area contributed by atoms with Gasteiger partial charge in [-0.05, 0) is 12.1 Å². The third-order valence-electron chi connectivity index (χ3n) is 3.13. The first-order valence-corrected chi connectivity index (χ1v) is 6.55. The molecule has 1 aromatic carbocycles. The maximum atomic E-state index is 13.6. The number of hydrogen-bond acceptors (Lipinski definition) is 5. The van der Waals surface area contributed by atoms with E-state index in [1.165, 1.54) is 0 Å². The van der Waals surface area contributed by atoms with Crippen molar-refractivity contribution in [3.8, 4) is 0 Å². The smallest absolute Gasteiger partial charge is 0.299 e. The Bertz CT molecular complexity index is 759. The fourth-order valence-corrected chi connectivity index (χ4v) is 2.25. The number of amides is 1. The number of aryl methyl sites for hydroxylation is 1. The molecule has 3 rings (SSSR count). The number of anilines is 1. The summed E-state index contributed by atoms with van der Waals surface area (Å²) in [5, 5.41) is 3.51. The number of carbonyl (C=O) groups is 2. The molecule has 0 atom stereocenters. The van der Waals surface area contributed by atoms with Gasteiger partial charge in [0.05, 0.1) is 22.8 Å². The maximum absolute atomic E-state index is 13.6. The molecule has 21 heavy (non-hydrogen) atoms. The standard InChI is InChI=1S/C13H9ClFN3O3/c1-2-11-16-10(17-21-11)5-18-9-4-8(15)7(14)3-6(9)12(19)13(18)20/h3-4H,2,5H2,1H3. The third kappa shape index (κ3) is 2.19. The van der Waals surface area contributed by atoms with E-state index in [0.29, 0.717) is 12.3 Å². The normalized spacial score (nSPS) is 14.0. The van der Waals surface area contributed by atoms with E-state index in [-0.39, 0.29) is 28.6 Å². The SMILES string of the molecule is CCc1nc(CN2C(=O)C(=O)c3cc(Cl)c(F)cc32)no1. The Balaban J connectivity index is 1.99. The zero-order valence-corrected chi connectivity index (χ0v) is 11.6. The van der Waals surface area contributed by atoms with Crippen LogP contribution in [0.5, 0.6) is 0 Å². The van der Waals surface area contributed by atoms with Gasteiger partial charge in [-0.25, -0.2) is 4.39 Å². The molecule has 0 fully saturated rings. The van der Waals surface area contributed by atoms with E-state index in [1.54, 1.807) is 0 Å². The molecule has 0 unspecified atom stereocenters. The van der Waals surface area contributed by atoms with E-state index in [1.807, 2.05) is 6.92 Å². The molecule has 6 nitrogen and oxygen atoms in total. The lowest BCUT2D eigenvalue weighted by atomic mass is 10.1. The molecule has 8 heteroatoms. The van der Waals surface area contributed by atoms with E-state index < -0.39 is 17.5 Å². The van der Waals surface area contributed by atoms with Gasteiger partial charge in [0.1, 0.15) is 5.82 Å². The van der Waals surface area contributed by atoms with Crippen LogP contribution in [0.1, 0.15) is 29.0 Å². The van der Waals surface area contributed by atoms with Crippen LogP contribution in [0.4, 0.5) is 10.1 Å². The molecule has 108 valence electrons. The first-order chi connectivity index (χ1) is 10.0. The number of ketones is 1. The molecule has 0 aliphatic carbocycles. The van der Waals surface area contributed by atoms with Gasteiger partial charge in [0.15, 0.2) is 5.82 Å². The summed E-state index contributed by atoms with van der Waals surface area (Å²) in [6.45, 7) is 1.77. The molecular weight excluding hydrogens is 301 g/mol. The largest absolute Gasteiger partial charge is 0.339 e. The van der Waals surface area contributed by atoms with Gasteiger partial charge in [-0.15, -0.1) is 0 Å². The number of rotatable bonds is 3. The van der Waals surface area contributed by atoms with Crippen LogP contribution in [0.2, 0.25) is 5.02 Å². The van der Waals surface area contributed by atoms with Crippen molar-refractivity contribution < 1.29 is 18.5 Å². The van der Waals surface area contributed by atoms with Gasteiger partial charge >= 0.3 is 0 Å². The lowest BCUT2D eigenvalue weighted by molar-refractivity contribution is -0.114. The zero-order valence-electron chi connectivity index (χ0n) is 10.9. The minimum atomic E-state index is -0.769. The molecule has 2 heterocycles. The molecule has 0 N–H and O–H groups in total. The van der Waals surface area contributed by atoms with Crippen molar-refractivity contribution >= 4 is 29.0 Å². The van der Waals surface area contributed by atoms with Gasteiger partial charge < -0.3 is 4.52 Å². The predicted molar refractivity (Wildman–Crippen MR) is 70.6 cm³/mol. The Hall–Kier alpha value is -2.28. The molecule has 0 saturated heterocycles. The Morgan fingerprint density at radius 1 is 1.38 bits per heavy atom. The quantitative estimate of drug-likeness (QED) is 0.812. The van der Waals surface area contributed by atoms with Crippen LogP contribution in [-0.4, -0.2) is 21.8 Å². The third-order valence-corrected chi connectivity index (χ3v) is 3.42. The number of fused-ring (bicyclic) bond motifs is 1. The van der Waals surface area contributed by atoms with E-state index in [2.05, 4.69) is 10.1 Å². The average Bonchev–Trinajstić information content (AvgIpc) is 3.01. The van der Waals surface area contributed by atoms with Crippen molar-refractivity contribution in [2.45, 2.75) is 19.9 Å². The van der Waals surface area contributed by atoms with Gasteiger partial charge in [-0.1, -0.05) is 23.7 Å². The van der Waals surface area contributed by atoms with Crippen LogP contribution in [0, 0.1) is 5.82 Å². The number of aromatic nitrogens is 2. The highest BCUT2D eigenvalue weighted by Gasteiger charge is 2.37. The second kappa shape index (κ2) is 4.92. The van der Waals surface area contributed by atoms with E-state index in [9.17, 15) is 14.0 Å². The van der Waals surface area contributed by atoms with E-state index in [0.717, 1.165) is 17.0 Å². The van der Waals surface area contributed by atoms with Gasteiger partial charge in [-0.3, -0.25) is 14.5 Å². The molecule has 0 spiro atoms. The summed E-state index contributed by atoms with van der Waals surface area (Å²) in [6, 6.07) is 2.21. The molecule has 0 bridgehead atoms. The van der Waals surface area contributed by atoms with Gasteiger partial charge in [0.2, 0.25) is 5.89 Å². The Morgan fingerprint density at radius 2 is 2.14 bits per heavy atom. The van der Waals surface area contributed by atoms with Crippen LogP contribution in [0.15, 0.2) is 16.7 Å². The second-order valence-electron chi connectivity index (χ2n) is 4.46. The van der Waals surface area contributed by atoms with Crippen LogP contribution in [0.3, 0.4) is 0 Å². The first-order valence-electron chi connectivity index (χ1n) is 6.18. The average molecular weight is 310 g/mol. The fourth-order valence-electron chi connectivity index (χ4n) is 2.09. The molecule has 1 amide bonds. The van der Waals surface area contributed by atoms with Crippen molar-refractivity contribution in [1.82, 2.24) is 10.1 Å². The summed E-state index contributed by atoms with van der Waals surface area (Å²) in [5.74, 6) is -1.53. The first kappa shape index (κ1) is 13.7. The van der Waals surface area contributed by atoms with Gasteiger partial charge in [0, 0.05) is 6.42 Å². The minimum Gasteiger partial charge on any atom is -0.339 e. The van der Waals surface area contributed by atoms with Gasteiger partial charge in [0.25, 0.3) is 11.7 Å². The van der Waals surface area contributed by atoms with Crippen LogP contribution < -0.4 is 4.90 Å². The Morgan fingerprint density at radius 3 is 2.81 bits per heavy atom. The molecular formula is C13H9ClFN3O3. The maximum Gasteiger partial charge on any atom is 0.299 e. The second-order valence-corrected chi connectivity index (χ2v) is 4.87. The predicted octanol–water partition coefficient (Wildman–Crippen LogP) is 2.15. The Labute approximate surface area is 123 Å². The molecule has 1 aromatic heterocycles. The molecule has 1 aliphatic heterocycles. The summed E-state index contributed by atoms with van der Waals surface area (Å²) in [4.78, 5) is 29.1. The van der Waals surface area contributed by atoms with Crippen LogP contribution >= 0.6 is 11.6 Å². The summed E-state index contributed by atoms with van der Waals surface area (Å²) >= 11 is 5.64. The number of hydrogen-bond donors (Lipinski definition) is 0. The summed E-state index contributed by atoms with van der Waals surface area (Å²) < 4.78 is 18.5. The molecule has 0 radical (unpaired) electrons. The van der Waals surface area contributed by atoms with Crippen LogP contribution in [0.25, 0.3) is 0 Å². The number of Topliss-reactive ketones (excluding diaryl/α,β-unsaturated/α-hetero) is 1. The molecule has 2 aromatic rings. The van der Waals surface area contributed by atoms with Crippen molar-refractivity contribution in [2.75, 3.05) is 4.90 Å². The van der Waals surface area contributed by atoms with Crippen LogP contribution in [-0.2, 0) is 17.8 Å². The highest BCUT2D eigenvalue weighted by atomic mass is 35.5. The summed E-state index contributed by atoms with van der Waals surface area (Å²) in [6.07, 6.45) is 0.556. The molecule has 1 aliphatic rings. The van der Waals surface area contributed by atoms with Crippen molar-refractivity contribution in [3.63, 3.8) is 0 Å². The number of nitrogens with zero attached hydrogens (tertiary/aromatic N) is 3. The fraction of sp³-hybridized carbons (Fsp3) is 0.231. The lowest BCUT2D eigenvalue weighted by Crippen LogP contribution is -2.29. The molecule has 0 saturated carbocycles. The monoisotopic (exact) mass is 309 g/mol. The van der Waals surface area contributed by atoms with Crippen molar-refractivity contribution in [1.29, 1.82) is 0 Å². The zero-order chi connectivity index (χ0) is 15.1.